The number of ether oxygens (including phenoxy) is 1. The molecular weight excluding hydrogens is 288 g/mol. The van der Waals surface area contributed by atoms with Crippen LogP contribution in [-0.2, 0) is 0 Å². The molecule has 2 aromatic rings. The molecule has 19 heavy (non-hydrogen) atoms. The third kappa shape index (κ3) is 3.00. The normalized spacial score (nSPS) is 12.3. The van der Waals surface area contributed by atoms with Gasteiger partial charge in [-0.2, -0.15) is 0 Å². The number of hydrogen-bond acceptors (Lipinski definition) is 2. The molecule has 2 nitrogen and oxygen atoms in total. The molecule has 0 spiro atoms. The highest BCUT2D eigenvalue weighted by Gasteiger charge is 2.16. The molecule has 100 valence electrons. The molecular formula is C14H12Cl2FNO. The molecule has 5 heteroatoms. The number of halogens is 3. The number of benzene rings is 2. The van der Waals surface area contributed by atoms with Gasteiger partial charge in [-0.1, -0.05) is 35.3 Å². The fraction of sp³-hybridized carbons (Fsp3) is 0.143. The first-order valence-electron chi connectivity index (χ1n) is 5.57. The topological polar surface area (TPSA) is 35.2 Å². The van der Waals surface area contributed by atoms with Crippen LogP contribution in [-0.4, -0.2) is 7.11 Å². The summed E-state index contributed by atoms with van der Waals surface area (Å²) in [4.78, 5) is 0. The van der Waals surface area contributed by atoms with Crippen LogP contribution in [0.25, 0.3) is 0 Å². The molecule has 0 fully saturated rings. The first-order chi connectivity index (χ1) is 9.02. The van der Waals surface area contributed by atoms with Gasteiger partial charge in [0.15, 0.2) is 0 Å². The van der Waals surface area contributed by atoms with Crippen molar-refractivity contribution in [2.24, 2.45) is 5.73 Å². The van der Waals surface area contributed by atoms with Crippen molar-refractivity contribution in [2.75, 3.05) is 7.11 Å². The maximum Gasteiger partial charge on any atom is 0.138 e. The Morgan fingerprint density at radius 3 is 2.53 bits per heavy atom. The van der Waals surface area contributed by atoms with Gasteiger partial charge in [0.25, 0.3) is 0 Å². The Balaban J connectivity index is 2.44. The van der Waals surface area contributed by atoms with E-state index in [0.29, 0.717) is 26.9 Å². The van der Waals surface area contributed by atoms with Gasteiger partial charge in [0, 0.05) is 11.1 Å². The van der Waals surface area contributed by atoms with Crippen LogP contribution in [0.4, 0.5) is 4.39 Å². The van der Waals surface area contributed by atoms with Crippen molar-refractivity contribution in [3.05, 3.63) is 63.4 Å². The summed E-state index contributed by atoms with van der Waals surface area (Å²) in [6.45, 7) is 0. The molecule has 0 heterocycles. The van der Waals surface area contributed by atoms with Crippen LogP contribution in [0.2, 0.25) is 10.0 Å². The van der Waals surface area contributed by atoms with Crippen molar-refractivity contribution >= 4 is 23.2 Å². The first-order valence-corrected chi connectivity index (χ1v) is 6.32. The SMILES string of the molecule is COc1cc(Cl)c(C(N)c2cccc(F)c2)cc1Cl. The molecule has 0 aromatic heterocycles. The van der Waals surface area contributed by atoms with Crippen LogP contribution in [0.3, 0.4) is 0 Å². The highest BCUT2D eigenvalue weighted by atomic mass is 35.5. The molecule has 1 atom stereocenters. The van der Waals surface area contributed by atoms with Gasteiger partial charge in [0.2, 0.25) is 0 Å². The predicted molar refractivity (Wildman–Crippen MR) is 75.4 cm³/mol. The molecule has 0 amide bonds. The van der Waals surface area contributed by atoms with E-state index in [1.54, 1.807) is 24.3 Å². The van der Waals surface area contributed by atoms with E-state index in [1.165, 1.54) is 19.2 Å². The van der Waals surface area contributed by atoms with Gasteiger partial charge in [-0.25, -0.2) is 4.39 Å². The molecule has 1 unspecified atom stereocenters. The Morgan fingerprint density at radius 2 is 1.89 bits per heavy atom. The second kappa shape index (κ2) is 5.78. The Labute approximate surface area is 120 Å². The lowest BCUT2D eigenvalue weighted by atomic mass is 9.99. The summed E-state index contributed by atoms with van der Waals surface area (Å²) in [5.41, 5.74) is 7.35. The van der Waals surface area contributed by atoms with Crippen LogP contribution >= 0.6 is 23.2 Å². The van der Waals surface area contributed by atoms with Crippen molar-refractivity contribution in [1.29, 1.82) is 0 Å². The highest BCUT2D eigenvalue weighted by Crippen LogP contribution is 2.35. The average molecular weight is 300 g/mol. The summed E-state index contributed by atoms with van der Waals surface area (Å²) in [6.07, 6.45) is 0. The van der Waals surface area contributed by atoms with E-state index in [2.05, 4.69) is 0 Å². The molecule has 0 bridgehead atoms. The molecule has 0 saturated heterocycles. The number of nitrogens with two attached hydrogens (primary N) is 1. The first kappa shape index (κ1) is 14.1. The molecule has 0 radical (unpaired) electrons. The fourth-order valence-electron chi connectivity index (χ4n) is 1.82. The second-order valence-corrected chi connectivity index (χ2v) is 4.86. The maximum atomic E-state index is 13.2. The van der Waals surface area contributed by atoms with Crippen molar-refractivity contribution in [2.45, 2.75) is 6.04 Å². The van der Waals surface area contributed by atoms with Crippen LogP contribution in [0.1, 0.15) is 17.2 Å². The third-order valence-electron chi connectivity index (χ3n) is 2.81. The van der Waals surface area contributed by atoms with Crippen molar-refractivity contribution < 1.29 is 9.13 Å². The van der Waals surface area contributed by atoms with Crippen molar-refractivity contribution in [1.82, 2.24) is 0 Å². The summed E-state index contributed by atoms with van der Waals surface area (Å²) >= 11 is 12.2. The van der Waals surface area contributed by atoms with Crippen LogP contribution in [0, 0.1) is 5.82 Å². The van der Waals surface area contributed by atoms with Crippen LogP contribution < -0.4 is 10.5 Å². The van der Waals surface area contributed by atoms with Gasteiger partial charge >= 0.3 is 0 Å². The predicted octanol–water partition coefficient (Wildman–Crippen LogP) is 4.19. The average Bonchev–Trinajstić information content (AvgIpc) is 2.40. The summed E-state index contributed by atoms with van der Waals surface area (Å²) < 4.78 is 18.3. The number of hydrogen-bond donors (Lipinski definition) is 1. The van der Waals surface area contributed by atoms with E-state index in [-0.39, 0.29) is 5.82 Å². The van der Waals surface area contributed by atoms with Crippen LogP contribution in [0.15, 0.2) is 36.4 Å². The van der Waals surface area contributed by atoms with Gasteiger partial charge in [0.05, 0.1) is 18.2 Å². The molecule has 0 aliphatic rings. The van der Waals surface area contributed by atoms with Gasteiger partial charge in [0.1, 0.15) is 11.6 Å². The molecule has 2 rings (SSSR count). The lowest BCUT2D eigenvalue weighted by Crippen LogP contribution is -2.12. The Morgan fingerprint density at radius 1 is 1.16 bits per heavy atom. The smallest absolute Gasteiger partial charge is 0.138 e. The minimum atomic E-state index is -0.549. The van der Waals surface area contributed by atoms with Gasteiger partial charge < -0.3 is 10.5 Å². The number of methoxy groups -OCH3 is 1. The van der Waals surface area contributed by atoms with Crippen molar-refractivity contribution in [3.8, 4) is 5.75 Å². The largest absolute Gasteiger partial charge is 0.495 e. The zero-order chi connectivity index (χ0) is 14.0. The minimum absolute atomic E-state index is 0.344. The molecule has 2 N–H and O–H groups in total. The Bertz CT molecular complexity index is 604. The monoisotopic (exact) mass is 299 g/mol. The Kier molecular flexibility index (Phi) is 4.30. The van der Waals surface area contributed by atoms with E-state index in [0.717, 1.165) is 0 Å². The molecule has 0 saturated carbocycles. The van der Waals surface area contributed by atoms with Crippen LogP contribution in [0.5, 0.6) is 5.75 Å². The summed E-state index contributed by atoms with van der Waals surface area (Å²) in [5, 5.41) is 0.840. The third-order valence-corrected chi connectivity index (χ3v) is 3.44. The standard InChI is InChI=1S/C14H12Cl2FNO/c1-19-13-7-11(15)10(6-12(13)16)14(18)8-3-2-4-9(17)5-8/h2-7,14H,18H2,1H3. The molecule has 0 aliphatic heterocycles. The zero-order valence-corrected chi connectivity index (χ0v) is 11.7. The van der Waals surface area contributed by atoms with Gasteiger partial charge in [-0.05, 0) is 29.3 Å². The quantitative estimate of drug-likeness (QED) is 0.922. The minimum Gasteiger partial charge on any atom is -0.495 e. The highest BCUT2D eigenvalue weighted by molar-refractivity contribution is 6.34. The Hall–Kier alpha value is -1.29. The van der Waals surface area contributed by atoms with E-state index in [4.69, 9.17) is 33.7 Å². The molecule has 0 aliphatic carbocycles. The summed E-state index contributed by atoms with van der Waals surface area (Å²) in [5.74, 6) is 0.130. The second-order valence-electron chi connectivity index (χ2n) is 4.04. The lowest BCUT2D eigenvalue weighted by molar-refractivity contribution is 0.415. The van der Waals surface area contributed by atoms with E-state index < -0.39 is 6.04 Å². The summed E-state index contributed by atoms with van der Waals surface area (Å²) in [7, 11) is 1.50. The van der Waals surface area contributed by atoms with E-state index in [9.17, 15) is 4.39 Å². The number of rotatable bonds is 3. The lowest BCUT2D eigenvalue weighted by Gasteiger charge is -2.16. The fourth-order valence-corrected chi connectivity index (χ4v) is 2.34. The van der Waals surface area contributed by atoms with E-state index >= 15 is 0 Å². The van der Waals surface area contributed by atoms with E-state index in [1.807, 2.05) is 0 Å². The van der Waals surface area contributed by atoms with Crippen molar-refractivity contribution in [3.63, 3.8) is 0 Å². The molecule has 2 aromatic carbocycles. The zero-order valence-electron chi connectivity index (χ0n) is 10.2. The summed E-state index contributed by atoms with van der Waals surface area (Å²) in [6, 6.07) is 8.76. The van der Waals surface area contributed by atoms with Gasteiger partial charge in [-0.15, -0.1) is 0 Å². The van der Waals surface area contributed by atoms with Gasteiger partial charge in [-0.3, -0.25) is 0 Å². The maximum absolute atomic E-state index is 13.2.